The van der Waals surface area contributed by atoms with Gasteiger partial charge in [0.1, 0.15) is 36.5 Å². The lowest BCUT2D eigenvalue weighted by Crippen LogP contribution is -2.55. The van der Waals surface area contributed by atoms with Gasteiger partial charge in [0.25, 0.3) is 17.7 Å². The number of nitrogens with one attached hydrogen (secondary N) is 1. The van der Waals surface area contributed by atoms with Gasteiger partial charge in [0.05, 0.1) is 11.6 Å². The van der Waals surface area contributed by atoms with Crippen molar-refractivity contribution in [1.29, 1.82) is 0 Å². The van der Waals surface area contributed by atoms with Crippen LogP contribution in [0, 0.1) is 11.8 Å². The molecule has 4 aromatic rings. The number of piperidine rings is 1. The van der Waals surface area contributed by atoms with Crippen LogP contribution in [0.1, 0.15) is 90.0 Å². The molecule has 2 aromatic carbocycles. The van der Waals surface area contributed by atoms with E-state index in [0.717, 1.165) is 47.0 Å². The van der Waals surface area contributed by atoms with Crippen LogP contribution >= 0.6 is 0 Å². The first kappa shape index (κ1) is 43.3. The molecule has 0 spiro atoms. The number of hydrogen-bond donors (Lipinski definition) is 1. The highest BCUT2D eigenvalue weighted by atomic mass is 28.3. The summed E-state index contributed by atoms with van der Waals surface area (Å²) in [5, 5.41) is 3.62. The van der Waals surface area contributed by atoms with E-state index in [4.69, 9.17) is 14.2 Å². The maximum Gasteiger partial charge on any atom is 0.419 e. The highest BCUT2D eigenvalue weighted by Crippen LogP contribution is 2.36. The molecule has 61 heavy (non-hydrogen) atoms. The van der Waals surface area contributed by atoms with E-state index in [1.165, 1.54) is 4.90 Å². The zero-order valence-corrected chi connectivity index (χ0v) is 37.0. The number of aromatic nitrogens is 2. The lowest BCUT2D eigenvalue weighted by Gasteiger charge is -2.35. The van der Waals surface area contributed by atoms with E-state index in [9.17, 15) is 24.0 Å². The minimum atomic E-state index is -1.34. The van der Waals surface area contributed by atoms with Gasteiger partial charge in [-0.3, -0.25) is 29.0 Å². The summed E-state index contributed by atoms with van der Waals surface area (Å²) in [6.07, 6.45) is 3.53. The molecular formula is C46H54N6O8Si. The number of anilines is 1. The molecule has 1 N–H and O–H groups in total. The van der Waals surface area contributed by atoms with E-state index < -0.39 is 31.7 Å². The van der Waals surface area contributed by atoms with E-state index >= 15 is 0 Å². The second-order valence-electron chi connectivity index (χ2n) is 18.0. The number of ether oxygens (including phenoxy) is 3. The number of benzene rings is 2. The van der Waals surface area contributed by atoms with Crippen molar-refractivity contribution in [1.82, 2.24) is 24.3 Å². The molecule has 1 unspecified atom stereocenters. The van der Waals surface area contributed by atoms with E-state index in [-0.39, 0.29) is 56.5 Å². The van der Waals surface area contributed by atoms with Crippen molar-refractivity contribution in [2.24, 2.45) is 0 Å². The summed E-state index contributed by atoms with van der Waals surface area (Å²) in [4.78, 5) is 76.0. The van der Waals surface area contributed by atoms with Gasteiger partial charge in [-0.05, 0) is 108 Å². The van der Waals surface area contributed by atoms with Crippen LogP contribution in [0.25, 0.3) is 10.9 Å². The SMILES string of the molecule is CN1CCC[C@@H]1c1cc2cnc(NC(=O)c3ccc(OCC#Cc4cccc5c4CN(C4CCC(=O)N(COCC[Si](C)(C)C)C4=O)C5=O)cc3)cc2n1C(=O)OC(C)(C)C. The van der Waals surface area contributed by atoms with Crippen LogP contribution in [0.4, 0.5) is 10.6 Å². The normalized spacial score (nSPS) is 18.3. The fraction of sp³-hybridized carbons (Fsp3) is 0.435. The molecular weight excluding hydrogens is 793 g/mol. The van der Waals surface area contributed by atoms with E-state index in [1.54, 1.807) is 53.2 Å². The summed E-state index contributed by atoms with van der Waals surface area (Å²) >= 11 is 0. The summed E-state index contributed by atoms with van der Waals surface area (Å²) in [6.45, 7) is 13.7. The number of imide groups is 1. The highest BCUT2D eigenvalue weighted by molar-refractivity contribution is 6.76. The third-order valence-corrected chi connectivity index (χ3v) is 12.8. The van der Waals surface area contributed by atoms with Crippen LogP contribution in [0.2, 0.25) is 25.7 Å². The Hall–Kier alpha value is -5.82. The summed E-state index contributed by atoms with van der Waals surface area (Å²) in [7, 11) is 0.708. The molecule has 0 bridgehead atoms. The summed E-state index contributed by atoms with van der Waals surface area (Å²) in [6, 6.07) is 15.8. The topological polar surface area (TPSA) is 153 Å². The maximum absolute atomic E-state index is 13.6. The number of hydrogen-bond acceptors (Lipinski definition) is 10. The smallest absolute Gasteiger partial charge is 0.419 e. The fourth-order valence-corrected chi connectivity index (χ4v) is 8.63. The molecule has 2 fully saturated rings. The molecule has 7 rings (SSSR count). The lowest BCUT2D eigenvalue weighted by molar-refractivity contribution is -0.158. The fourth-order valence-electron chi connectivity index (χ4n) is 7.88. The number of pyridine rings is 1. The molecule has 4 amide bonds. The van der Waals surface area contributed by atoms with Gasteiger partial charge in [-0.15, -0.1) is 0 Å². The molecule has 3 aliphatic heterocycles. The molecule has 2 atom stereocenters. The van der Waals surface area contributed by atoms with Gasteiger partial charge in [-0.25, -0.2) is 14.3 Å². The summed E-state index contributed by atoms with van der Waals surface area (Å²) in [5.74, 6) is 5.58. The predicted molar refractivity (Wildman–Crippen MR) is 233 cm³/mol. The second kappa shape index (κ2) is 17.6. The molecule has 2 aromatic heterocycles. The standard InChI is InChI=1S/C46H54N6O8Si/c1-46(2,3)60-45(57)52-38-26-40(47-27-32(38)25-39(52)36-14-9-21-49(36)4)48-42(54)31-15-17-33(18-16-31)59-22-10-12-30-11-8-13-34-35(30)28-50(43(34)55)37-19-20-41(53)51(44(37)56)29-58-23-24-61(5,6)7/h8,11,13,15-18,25-27,36-37H,9,14,19-24,28-29H2,1-7H3,(H,47,48,54)/t36-,37?/m1/s1. The number of nitrogens with zero attached hydrogens (tertiary/aromatic N) is 5. The Bertz CT molecular complexity index is 2420. The number of carbonyl (C=O) groups is 5. The van der Waals surface area contributed by atoms with Crippen LogP contribution in [0.15, 0.2) is 60.8 Å². The first-order valence-corrected chi connectivity index (χ1v) is 24.5. The summed E-state index contributed by atoms with van der Waals surface area (Å²) in [5.41, 5.74) is 2.98. The van der Waals surface area contributed by atoms with Gasteiger partial charge in [0, 0.05) is 67.7 Å². The van der Waals surface area contributed by atoms with Crippen molar-refractivity contribution in [2.45, 2.75) is 96.4 Å². The molecule has 3 aliphatic rings. The Kier molecular flexibility index (Phi) is 12.5. The Balaban J connectivity index is 0.966. The molecule has 15 heteroatoms. The van der Waals surface area contributed by atoms with Gasteiger partial charge in [0.15, 0.2) is 0 Å². The first-order valence-electron chi connectivity index (χ1n) is 20.8. The van der Waals surface area contributed by atoms with Crippen molar-refractivity contribution in [3.63, 3.8) is 0 Å². The molecule has 5 heterocycles. The van der Waals surface area contributed by atoms with Gasteiger partial charge in [0.2, 0.25) is 5.91 Å². The average Bonchev–Trinajstić information content (AvgIpc) is 3.90. The minimum absolute atomic E-state index is 0.0443. The van der Waals surface area contributed by atoms with Crippen LogP contribution in [0.3, 0.4) is 0 Å². The molecule has 0 saturated carbocycles. The summed E-state index contributed by atoms with van der Waals surface area (Å²) < 4.78 is 19.0. The van der Waals surface area contributed by atoms with Gasteiger partial charge in [-0.1, -0.05) is 37.5 Å². The predicted octanol–water partition coefficient (Wildman–Crippen LogP) is 7.05. The lowest BCUT2D eigenvalue weighted by atomic mass is 10.0. The number of rotatable bonds is 11. The number of fused-ring (bicyclic) bond motifs is 2. The van der Waals surface area contributed by atoms with Crippen molar-refractivity contribution in [3.05, 3.63) is 88.7 Å². The number of carbonyl (C=O) groups excluding carboxylic acids is 5. The van der Waals surface area contributed by atoms with Crippen molar-refractivity contribution >= 4 is 54.5 Å². The molecule has 2 saturated heterocycles. The Labute approximate surface area is 357 Å². The third-order valence-electron chi connectivity index (χ3n) is 11.1. The Morgan fingerprint density at radius 3 is 2.48 bits per heavy atom. The Morgan fingerprint density at radius 2 is 1.77 bits per heavy atom. The zero-order valence-electron chi connectivity index (χ0n) is 36.0. The molecule has 0 radical (unpaired) electrons. The molecule has 0 aliphatic carbocycles. The van der Waals surface area contributed by atoms with Gasteiger partial charge < -0.3 is 24.4 Å². The first-order chi connectivity index (χ1) is 29.0. The average molecular weight is 847 g/mol. The van der Waals surface area contributed by atoms with Crippen LogP contribution in [-0.4, -0.2) is 107 Å². The highest BCUT2D eigenvalue weighted by Gasteiger charge is 2.43. The van der Waals surface area contributed by atoms with Gasteiger partial charge >= 0.3 is 6.09 Å². The molecule has 320 valence electrons. The van der Waals surface area contributed by atoms with Gasteiger partial charge in [-0.2, -0.15) is 0 Å². The van der Waals surface area contributed by atoms with Crippen molar-refractivity contribution in [3.8, 4) is 17.6 Å². The minimum Gasteiger partial charge on any atom is -0.481 e. The monoisotopic (exact) mass is 846 g/mol. The van der Waals surface area contributed by atoms with Crippen molar-refractivity contribution < 1.29 is 38.2 Å². The van der Waals surface area contributed by atoms with Crippen LogP contribution in [0.5, 0.6) is 5.75 Å². The van der Waals surface area contributed by atoms with Crippen LogP contribution in [-0.2, 0) is 25.6 Å². The number of likely N-dealkylation sites (tertiary alicyclic amines) is 2. The van der Waals surface area contributed by atoms with Crippen LogP contribution < -0.4 is 10.1 Å². The molecule has 14 nitrogen and oxygen atoms in total. The van der Waals surface area contributed by atoms with E-state index in [2.05, 4.69) is 46.7 Å². The largest absolute Gasteiger partial charge is 0.481 e. The van der Waals surface area contributed by atoms with Crippen molar-refractivity contribution in [2.75, 3.05) is 38.9 Å². The van der Waals surface area contributed by atoms with E-state index in [1.807, 2.05) is 40.0 Å². The zero-order chi connectivity index (χ0) is 43.6. The Morgan fingerprint density at radius 1 is 1.00 bits per heavy atom. The van der Waals surface area contributed by atoms with E-state index in [0.29, 0.717) is 40.4 Å². The maximum atomic E-state index is 13.6. The third kappa shape index (κ3) is 9.88. The second-order valence-corrected chi connectivity index (χ2v) is 23.7. The quantitative estimate of drug-likeness (QED) is 0.0719. The number of amides is 4.